The fraction of sp³-hybridized carbons (Fsp3) is 0.467. The number of nitrogens with two attached hydrogens (primary N) is 1. The Labute approximate surface area is 136 Å². The fourth-order valence-electron chi connectivity index (χ4n) is 1.68. The summed E-state index contributed by atoms with van der Waals surface area (Å²) in [5, 5.41) is 7.65. The Morgan fingerprint density at radius 3 is 2.35 bits per heavy atom. The van der Waals surface area contributed by atoms with E-state index >= 15 is 0 Å². The number of aryl methyl sites for hydroxylation is 1. The van der Waals surface area contributed by atoms with Gasteiger partial charge in [-0.3, -0.25) is 9.59 Å². The molecule has 0 fully saturated rings. The molecule has 0 radical (unpaired) electrons. The van der Waals surface area contributed by atoms with Crippen LogP contribution in [0.1, 0.15) is 25.8 Å². The number of hydrogen-bond donors (Lipinski definition) is 2. The van der Waals surface area contributed by atoms with Gasteiger partial charge in [0.15, 0.2) is 6.61 Å². The number of nitrogens with one attached hydrogen (secondary N) is 1. The van der Waals surface area contributed by atoms with Gasteiger partial charge in [0.05, 0.1) is 4.90 Å². The molecular weight excluding hydrogens is 320 g/mol. The first-order chi connectivity index (χ1) is 10.7. The second-order valence-corrected chi connectivity index (χ2v) is 7.11. The van der Waals surface area contributed by atoms with Gasteiger partial charge in [-0.25, -0.2) is 13.6 Å². The molecule has 0 heterocycles. The molecule has 0 saturated heterocycles. The van der Waals surface area contributed by atoms with Crippen molar-refractivity contribution < 1.29 is 22.7 Å². The van der Waals surface area contributed by atoms with Crippen molar-refractivity contribution in [2.75, 3.05) is 13.2 Å². The first-order valence-electron chi connectivity index (χ1n) is 7.22. The first kappa shape index (κ1) is 19.1. The second-order valence-electron chi connectivity index (χ2n) is 5.55. The van der Waals surface area contributed by atoms with E-state index in [4.69, 9.17) is 9.88 Å². The molecule has 0 aliphatic heterocycles. The molecule has 0 atom stereocenters. The lowest BCUT2D eigenvalue weighted by atomic mass is 10.1. The summed E-state index contributed by atoms with van der Waals surface area (Å²) in [4.78, 5) is 23.0. The summed E-state index contributed by atoms with van der Waals surface area (Å²) < 4.78 is 27.1. The zero-order valence-corrected chi connectivity index (χ0v) is 14.1. The van der Waals surface area contributed by atoms with Crippen molar-refractivity contribution in [2.45, 2.75) is 31.6 Å². The molecule has 0 spiro atoms. The summed E-state index contributed by atoms with van der Waals surface area (Å²) >= 11 is 0. The summed E-state index contributed by atoms with van der Waals surface area (Å²) in [7, 11) is -3.72. The van der Waals surface area contributed by atoms with E-state index in [0.717, 1.165) is 5.56 Å². The molecule has 0 aromatic heterocycles. The Bertz CT molecular complexity index is 638. The number of primary sulfonamides is 1. The second kappa shape index (κ2) is 8.64. The topological polar surface area (TPSA) is 116 Å². The van der Waals surface area contributed by atoms with Crippen LogP contribution >= 0.6 is 0 Å². The van der Waals surface area contributed by atoms with Crippen LogP contribution < -0.4 is 10.5 Å². The van der Waals surface area contributed by atoms with E-state index < -0.39 is 16.0 Å². The third-order valence-corrected chi connectivity index (χ3v) is 3.87. The number of sulfonamides is 1. The van der Waals surface area contributed by atoms with Crippen LogP contribution in [0.3, 0.4) is 0 Å². The van der Waals surface area contributed by atoms with Crippen molar-refractivity contribution in [3.63, 3.8) is 0 Å². The number of carbonyl (C=O) groups is 2. The zero-order chi connectivity index (χ0) is 17.5. The summed E-state index contributed by atoms with van der Waals surface area (Å²) in [5.41, 5.74) is 0.776. The van der Waals surface area contributed by atoms with E-state index in [2.05, 4.69) is 5.32 Å². The Morgan fingerprint density at radius 2 is 1.83 bits per heavy atom. The minimum atomic E-state index is -3.72. The number of esters is 1. The Hall–Kier alpha value is -1.93. The maximum Gasteiger partial charge on any atom is 0.306 e. The molecular formula is C15H22N2O5S. The van der Waals surface area contributed by atoms with Gasteiger partial charge in [-0.15, -0.1) is 0 Å². The van der Waals surface area contributed by atoms with Gasteiger partial charge >= 0.3 is 5.97 Å². The van der Waals surface area contributed by atoms with E-state index in [1.54, 1.807) is 12.1 Å². The molecule has 0 unspecified atom stereocenters. The molecule has 1 aromatic carbocycles. The number of benzene rings is 1. The van der Waals surface area contributed by atoms with Gasteiger partial charge in [0.1, 0.15) is 0 Å². The first-order valence-corrected chi connectivity index (χ1v) is 8.77. The van der Waals surface area contributed by atoms with Crippen molar-refractivity contribution in [2.24, 2.45) is 11.1 Å². The number of hydrogen-bond acceptors (Lipinski definition) is 5. The van der Waals surface area contributed by atoms with E-state index in [1.165, 1.54) is 12.1 Å². The van der Waals surface area contributed by atoms with Crippen LogP contribution in [0.2, 0.25) is 0 Å². The molecule has 0 aliphatic rings. The summed E-state index contributed by atoms with van der Waals surface area (Å²) in [6.45, 7) is 4.17. The molecule has 1 aromatic rings. The predicted octanol–water partition coefficient (Wildman–Crippen LogP) is 0.582. The molecule has 1 rings (SSSR count). The van der Waals surface area contributed by atoms with Crippen LogP contribution in [0.5, 0.6) is 0 Å². The third kappa shape index (κ3) is 7.75. The lowest BCUT2D eigenvalue weighted by molar-refractivity contribution is -0.148. The van der Waals surface area contributed by atoms with Gasteiger partial charge in [0.2, 0.25) is 10.0 Å². The molecule has 7 nitrogen and oxygen atoms in total. The van der Waals surface area contributed by atoms with Crippen LogP contribution in [0.15, 0.2) is 29.2 Å². The maximum absolute atomic E-state index is 11.6. The lowest BCUT2D eigenvalue weighted by Gasteiger charge is -2.08. The monoisotopic (exact) mass is 342 g/mol. The summed E-state index contributed by atoms with van der Waals surface area (Å²) in [5.74, 6) is -0.486. The smallest absolute Gasteiger partial charge is 0.306 e. The molecule has 1 amide bonds. The van der Waals surface area contributed by atoms with Crippen molar-refractivity contribution >= 4 is 21.9 Å². The number of ether oxygens (including phenoxy) is 1. The quantitative estimate of drug-likeness (QED) is 0.671. The van der Waals surface area contributed by atoms with Crippen LogP contribution in [0.25, 0.3) is 0 Å². The van der Waals surface area contributed by atoms with Crippen molar-refractivity contribution in [3.8, 4) is 0 Å². The Morgan fingerprint density at radius 1 is 1.22 bits per heavy atom. The molecule has 128 valence electrons. The Balaban J connectivity index is 2.35. The highest BCUT2D eigenvalue weighted by molar-refractivity contribution is 7.89. The van der Waals surface area contributed by atoms with Crippen LogP contribution in [0, 0.1) is 5.92 Å². The molecule has 0 aliphatic carbocycles. The van der Waals surface area contributed by atoms with Crippen molar-refractivity contribution in [3.05, 3.63) is 29.8 Å². The molecule has 0 bridgehead atoms. The van der Waals surface area contributed by atoms with Gasteiger partial charge < -0.3 is 10.1 Å². The maximum atomic E-state index is 11.6. The van der Waals surface area contributed by atoms with Gasteiger partial charge in [-0.05, 0) is 30.0 Å². The molecule has 8 heteroatoms. The highest BCUT2D eigenvalue weighted by Gasteiger charge is 2.10. The van der Waals surface area contributed by atoms with Crippen LogP contribution in [0.4, 0.5) is 0 Å². The van der Waals surface area contributed by atoms with Gasteiger partial charge in [-0.2, -0.15) is 0 Å². The largest absolute Gasteiger partial charge is 0.456 e. The average molecular weight is 342 g/mol. The number of amides is 1. The SMILES string of the molecule is CC(C)CNC(=O)COC(=O)CCc1ccc(S(N)(=O)=O)cc1. The van der Waals surface area contributed by atoms with Gasteiger partial charge in [0.25, 0.3) is 5.91 Å². The molecule has 3 N–H and O–H groups in total. The summed E-state index contributed by atoms with van der Waals surface area (Å²) in [6.07, 6.45) is 0.490. The zero-order valence-electron chi connectivity index (χ0n) is 13.2. The van der Waals surface area contributed by atoms with E-state index in [1.807, 2.05) is 13.8 Å². The summed E-state index contributed by atoms with van der Waals surface area (Å²) in [6, 6.07) is 5.94. The average Bonchev–Trinajstić information content (AvgIpc) is 2.48. The van der Waals surface area contributed by atoms with E-state index in [0.29, 0.717) is 18.9 Å². The van der Waals surface area contributed by atoms with E-state index in [-0.39, 0.29) is 23.8 Å². The van der Waals surface area contributed by atoms with Crippen LogP contribution in [-0.2, 0) is 30.8 Å². The normalized spacial score (nSPS) is 11.3. The molecule has 0 saturated carbocycles. The fourth-order valence-corrected chi connectivity index (χ4v) is 2.19. The highest BCUT2D eigenvalue weighted by Crippen LogP contribution is 2.10. The molecule has 23 heavy (non-hydrogen) atoms. The standard InChI is InChI=1S/C15H22N2O5S/c1-11(2)9-17-14(18)10-22-15(19)8-5-12-3-6-13(7-4-12)23(16,20)21/h3-4,6-7,11H,5,8-10H2,1-2H3,(H,17,18)(H2,16,20,21). The predicted molar refractivity (Wildman–Crippen MR) is 84.9 cm³/mol. The van der Waals surface area contributed by atoms with E-state index in [9.17, 15) is 18.0 Å². The lowest BCUT2D eigenvalue weighted by Crippen LogP contribution is -2.31. The minimum absolute atomic E-state index is 0.0191. The van der Waals surface area contributed by atoms with Gasteiger partial charge in [-0.1, -0.05) is 26.0 Å². The van der Waals surface area contributed by atoms with Crippen molar-refractivity contribution in [1.82, 2.24) is 5.32 Å². The number of rotatable bonds is 8. The highest BCUT2D eigenvalue weighted by atomic mass is 32.2. The van der Waals surface area contributed by atoms with Gasteiger partial charge in [0, 0.05) is 13.0 Å². The minimum Gasteiger partial charge on any atom is -0.456 e. The Kier molecular flexibility index (Phi) is 7.18. The number of carbonyl (C=O) groups excluding carboxylic acids is 2. The third-order valence-electron chi connectivity index (χ3n) is 2.94. The van der Waals surface area contributed by atoms with Crippen LogP contribution in [-0.4, -0.2) is 33.4 Å². The van der Waals surface area contributed by atoms with Crippen molar-refractivity contribution in [1.29, 1.82) is 0 Å².